The first-order valence-electron chi connectivity index (χ1n) is 13.3. The van der Waals surface area contributed by atoms with Gasteiger partial charge in [0.15, 0.2) is 0 Å². The standard InChI is InChI=1S/C32H24Cl3FN2O6S/c1-19-30(32(40)43-2)27(31(39)38(19)23-8-6-22(36)7-9-23)16-24-10-11-25(44-24)18-37(17-20-3-14-28(34)29(35)15-20)45(41,42)26-12-4-21(33)5-13-26/h3-16H,17-18H2,1-2H3/b27-16+. The number of methoxy groups -OCH3 is 1. The lowest BCUT2D eigenvalue weighted by Gasteiger charge is -2.22. The molecule has 3 aromatic carbocycles. The van der Waals surface area contributed by atoms with E-state index in [1.165, 1.54) is 70.9 Å². The summed E-state index contributed by atoms with van der Waals surface area (Å²) < 4.78 is 53.2. The summed E-state index contributed by atoms with van der Waals surface area (Å²) in [5, 5.41) is 0.973. The van der Waals surface area contributed by atoms with Gasteiger partial charge in [-0.3, -0.25) is 9.69 Å². The number of anilines is 1. The molecule has 1 aliphatic heterocycles. The lowest BCUT2D eigenvalue weighted by atomic mass is 10.1. The summed E-state index contributed by atoms with van der Waals surface area (Å²) in [6.45, 7) is 1.31. The Hall–Kier alpha value is -3.93. The van der Waals surface area contributed by atoms with Crippen LogP contribution in [0.15, 0.2) is 105 Å². The van der Waals surface area contributed by atoms with E-state index in [0.29, 0.717) is 27.0 Å². The van der Waals surface area contributed by atoms with Crippen molar-refractivity contribution in [2.45, 2.75) is 24.9 Å². The highest BCUT2D eigenvalue weighted by atomic mass is 35.5. The second-order valence-corrected chi connectivity index (χ2v) is 13.1. The second-order valence-electron chi connectivity index (χ2n) is 9.91. The fourth-order valence-corrected chi connectivity index (χ4v) is 6.62. The highest BCUT2D eigenvalue weighted by molar-refractivity contribution is 7.89. The predicted molar refractivity (Wildman–Crippen MR) is 170 cm³/mol. The molecule has 0 N–H and O–H groups in total. The van der Waals surface area contributed by atoms with E-state index >= 15 is 0 Å². The molecule has 0 saturated heterocycles. The van der Waals surface area contributed by atoms with Crippen LogP contribution in [0, 0.1) is 5.82 Å². The fourth-order valence-electron chi connectivity index (χ4n) is 4.78. The van der Waals surface area contributed by atoms with E-state index in [-0.39, 0.29) is 45.7 Å². The Bertz CT molecular complexity index is 1960. The lowest BCUT2D eigenvalue weighted by Crippen LogP contribution is -2.30. The molecule has 0 bridgehead atoms. The molecule has 232 valence electrons. The van der Waals surface area contributed by atoms with E-state index in [1.54, 1.807) is 37.3 Å². The zero-order valence-corrected chi connectivity index (χ0v) is 26.8. The molecule has 2 heterocycles. The molecular formula is C32H24Cl3FN2O6S. The van der Waals surface area contributed by atoms with Crippen molar-refractivity contribution in [2.75, 3.05) is 12.0 Å². The highest BCUT2D eigenvalue weighted by Crippen LogP contribution is 2.36. The monoisotopic (exact) mass is 688 g/mol. The van der Waals surface area contributed by atoms with Crippen LogP contribution in [0.5, 0.6) is 0 Å². The van der Waals surface area contributed by atoms with Crippen LogP contribution in [-0.4, -0.2) is 31.7 Å². The molecule has 45 heavy (non-hydrogen) atoms. The van der Waals surface area contributed by atoms with Crippen molar-refractivity contribution in [3.63, 3.8) is 0 Å². The van der Waals surface area contributed by atoms with E-state index in [1.807, 2.05) is 0 Å². The van der Waals surface area contributed by atoms with Crippen molar-refractivity contribution < 1.29 is 31.6 Å². The molecule has 0 fully saturated rings. The van der Waals surface area contributed by atoms with Crippen molar-refractivity contribution in [1.29, 1.82) is 0 Å². The van der Waals surface area contributed by atoms with Crippen molar-refractivity contribution >= 4 is 68.5 Å². The number of benzene rings is 3. The Morgan fingerprint density at radius 1 is 0.956 bits per heavy atom. The number of rotatable bonds is 9. The summed E-state index contributed by atoms with van der Waals surface area (Å²) in [6, 6.07) is 18.9. The first-order valence-corrected chi connectivity index (χ1v) is 15.9. The summed E-state index contributed by atoms with van der Waals surface area (Å²) in [5.41, 5.74) is 1.23. The van der Waals surface area contributed by atoms with Crippen LogP contribution in [0.1, 0.15) is 24.0 Å². The van der Waals surface area contributed by atoms with Crippen LogP contribution in [0.25, 0.3) is 6.08 Å². The van der Waals surface area contributed by atoms with Crippen LogP contribution in [0.2, 0.25) is 15.1 Å². The van der Waals surface area contributed by atoms with Crippen LogP contribution in [-0.2, 0) is 37.4 Å². The molecule has 1 amide bonds. The molecule has 0 radical (unpaired) electrons. The molecule has 0 aliphatic carbocycles. The number of carbonyl (C=O) groups excluding carboxylic acids is 2. The first kappa shape index (κ1) is 32.5. The Labute approximate surface area is 273 Å². The molecule has 0 saturated carbocycles. The van der Waals surface area contributed by atoms with Gasteiger partial charge in [0.2, 0.25) is 10.0 Å². The normalized spacial score (nSPS) is 14.6. The number of esters is 1. The first-order chi connectivity index (χ1) is 21.4. The third kappa shape index (κ3) is 6.85. The van der Waals surface area contributed by atoms with Gasteiger partial charge >= 0.3 is 5.97 Å². The molecule has 1 aromatic heterocycles. The number of hydrogen-bond acceptors (Lipinski definition) is 6. The number of halogens is 4. The number of hydrogen-bond donors (Lipinski definition) is 0. The number of ether oxygens (including phenoxy) is 1. The Morgan fingerprint density at radius 3 is 2.29 bits per heavy atom. The van der Waals surface area contributed by atoms with E-state index in [0.717, 1.165) is 0 Å². The Balaban J connectivity index is 1.49. The number of amides is 1. The minimum atomic E-state index is -4.06. The van der Waals surface area contributed by atoms with Crippen molar-refractivity contribution in [1.82, 2.24) is 4.31 Å². The molecule has 0 unspecified atom stereocenters. The summed E-state index contributed by atoms with van der Waals surface area (Å²) in [7, 11) is -2.87. The average Bonchev–Trinajstić information content (AvgIpc) is 3.55. The smallest absolute Gasteiger partial charge is 0.340 e. The second kappa shape index (κ2) is 13.2. The molecule has 8 nitrogen and oxygen atoms in total. The molecule has 4 aromatic rings. The largest absolute Gasteiger partial charge is 0.465 e. The lowest BCUT2D eigenvalue weighted by molar-refractivity contribution is -0.136. The number of allylic oxidation sites excluding steroid dienone is 1. The zero-order chi connectivity index (χ0) is 32.5. The maximum absolute atomic E-state index is 13.8. The summed E-state index contributed by atoms with van der Waals surface area (Å²) in [6.07, 6.45) is 1.38. The number of nitrogens with zero attached hydrogens (tertiary/aromatic N) is 2. The summed E-state index contributed by atoms with van der Waals surface area (Å²) in [4.78, 5) is 27.6. The van der Waals surface area contributed by atoms with Gasteiger partial charge < -0.3 is 9.15 Å². The van der Waals surface area contributed by atoms with Gasteiger partial charge in [-0.1, -0.05) is 40.9 Å². The molecule has 0 spiro atoms. The van der Waals surface area contributed by atoms with Gasteiger partial charge in [-0.25, -0.2) is 17.6 Å². The van der Waals surface area contributed by atoms with Crippen LogP contribution >= 0.6 is 34.8 Å². The number of furan rings is 1. The van der Waals surface area contributed by atoms with Gasteiger partial charge in [0.05, 0.1) is 39.7 Å². The minimum Gasteiger partial charge on any atom is -0.465 e. The van der Waals surface area contributed by atoms with Gasteiger partial charge in [0, 0.05) is 23.0 Å². The topological polar surface area (TPSA) is 97.1 Å². The van der Waals surface area contributed by atoms with Crippen molar-refractivity contribution in [2.24, 2.45) is 0 Å². The average molecular weight is 690 g/mol. The summed E-state index contributed by atoms with van der Waals surface area (Å²) in [5.74, 6) is -1.35. The fraction of sp³-hybridized carbons (Fsp3) is 0.125. The third-order valence-electron chi connectivity index (χ3n) is 6.97. The molecule has 13 heteroatoms. The SMILES string of the molecule is COC(=O)C1=C(C)N(c2ccc(F)cc2)C(=O)/C1=C/c1ccc(CN(Cc2ccc(Cl)c(Cl)c2)S(=O)(=O)c2ccc(Cl)cc2)o1. The van der Waals surface area contributed by atoms with Gasteiger partial charge in [-0.2, -0.15) is 4.31 Å². The van der Waals surface area contributed by atoms with E-state index < -0.39 is 27.7 Å². The molecule has 0 atom stereocenters. The quantitative estimate of drug-likeness (QED) is 0.132. The van der Waals surface area contributed by atoms with E-state index in [4.69, 9.17) is 44.0 Å². The summed E-state index contributed by atoms with van der Waals surface area (Å²) >= 11 is 18.2. The number of sulfonamides is 1. The Kier molecular flexibility index (Phi) is 9.52. The van der Waals surface area contributed by atoms with Gasteiger partial charge in [-0.15, -0.1) is 0 Å². The molecular weight excluding hydrogens is 666 g/mol. The van der Waals surface area contributed by atoms with Crippen molar-refractivity contribution in [3.8, 4) is 0 Å². The third-order valence-corrected chi connectivity index (χ3v) is 9.77. The predicted octanol–water partition coefficient (Wildman–Crippen LogP) is 7.65. The van der Waals surface area contributed by atoms with Crippen LogP contribution in [0.3, 0.4) is 0 Å². The van der Waals surface area contributed by atoms with Crippen molar-refractivity contribution in [3.05, 3.63) is 134 Å². The van der Waals surface area contributed by atoms with Gasteiger partial charge in [-0.05, 0) is 91.4 Å². The van der Waals surface area contributed by atoms with Gasteiger partial charge in [0.25, 0.3) is 5.91 Å². The minimum absolute atomic E-state index is 0.00831. The van der Waals surface area contributed by atoms with E-state index in [9.17, 15) is 22.4 Å². The maximum atomic E-state index is 13.8. The Morgan fingerprint density at radius 2 is 1.64 bits per heavy atom. The highest BCUT2D eigenvalue weighted by Gasteiger charge is 2.38. The van der Waals surface area contributed by atoms with Gasteiger partial charge in [0.1, 0.15) is 17.3 Å². The number of carbonyl (C=O) groups is 2. The molecule has 1 aliphatic rings. The molecule has 5 rings (SSSR count). The van der Waals surface area contributed by atoms with Crippen LogP contribution < -0.4 is 4.90 Å². The van der Waals surface area contributed by atoms with Crippen LogP contribution in [0.4, 0.5) is 10.1 Å². The zero-order valence-electron chi connectivity index (χ0n) is 23.8. The maximum Gasteiger partial charge on any atom is 0.340 e. The van der Waals surface area contributed by atoms with E-state index in [2.05, 4.69) is 0 Å².